The standard InChI is InChI=1S/C17H14Cl2N2O2/c18-14-9-15(19)16(22)13-8-10(3-4-12(13)14)17(23)21-7-5-11-2-1-6-20-11/h1-4,6,8-9,20,22H,5,7H2,(H,21,23). The summed E-state index contributed by atoms with van der Waals surface area (Å²) < 4.78 is 0. The van der Waals surface area contributed by atoms with E-state index in [9.17, 15) is 9.90 Å². The molecule has 1 amide bonds. The lowest BCUT2D eigenvalue weighted by molar-refractivity contribution is 0.0954. The molecular formula is C17H14Cl2N2O2. The van der Waals surface area contributed by atoms with Crippen LogP contribution in [0.1, 0.15) is 16.1 Å². The Morgan fingerprint density at radius 1 is 1.13 bits per heavy atom. The third-order valence-corrected chi connectivity index (χ3v) is 4.22. The van der Waals surface area contributed by atoms with Crippen molar-refractivity contribution in [1.82, 2.24) is 10.3 Å². The first-order valence-electron chi connectivity index (χ1n) is 7.07. The van der Waals surface area contributed by atoms with Gasteiger partial charge in [-0.2, -0.15) is 0 Å². The molecule has 0 saturated carbocycles. The van der Waals surface area contributed by atoms with E-state index in [1.165, 1.54) is 6.07 Å². The highest BCUT2D eigenvalue weighted by molar-refractivity contribution is 6.40. The maximum atomic E-state index is 12.2. The molecule has 0 atom stereocenters. The maximum absolute atomic E-state index is 12.2. The predicted molar refractivity (Wildman–Crippen MR) is 92.5 cm³/mol. The lowest BCUT2D eigenvalue weighted by Crippen LogP contribution is -2.25. The molecule has 3 N–H and O–H groups in total. The molecule has 0 radical (unpaired) electrons. The number of aromatic hydroxyl groups is 1. The summed E-state index contributed by atoms with van der Waals surface area (Å²) in [4.78, 5) is 15.3. The highest BCUT2D eigenvalue weighted by Crippen LogP contribution is 2.37. The fourth-order valence-electron chi connectivity index (χ4n) is 2.41. The van der Waals surface area contributed by atoms with Crippen LogP contribution in [0.15, 0.2) is 42.6 Å². The number of aromatic nitrogens is 1. The molecule has 0 unspecified atom stereocenters. The molecule has 0 spiro atoms. The second kappa shape index (κ2) is 6.52. The smallest absolute Gasteiger partial charge is 0.251 e. The van der Waals surface area contributed by atoms with Gasteiger partial charge in [-0.05, 0) is 30.3 Å². The molecule has 0 aliphatic rings. The zero-order valence-corrected chi connectivity index (χ0v) is 13.6. The van der Waals surface area contributed by atoms with Gasteiger partial charge >= 0.3 is 0 Å². The molecule has 23 heavy (non-hydrogen) atoms. The molecule has 3 aromatic rings. The zero-order valence-electron chi connectivity index (χ0n) is 12.1. The Morgan fingerprint density at radius 2 is 1.96 bits per heavy atom. The van der Waals surface area contributed by atoms with Crippen molar-refractivity contribution in [2.75, 3.05) is 6.54 Å². The number of aromatic amines is 1. The summed E-state index contributed by atoms with van der Waals surface area (Å²) in [7, 11) is 0. The number of phenolic OH excluding ortho intramolecular Hbond substituents is 1. The Hall–Kier alpha value is -2.17. The Bertz CT molecular complexity index is 861. The van der Waals surface area contributed by atoms with Crippen molar-refractivity contribution in [3.8, 4) is 5.75 Å². The molecule has 1 aromatic heterocycles. The first-order valence-corrected chi connectivity index (χ1v) is 7.83. The molecule has 0 bridgehead atoms. The third kappa shape index (κ3) is 3.28. The number of benzene rings is 2. The van der Waals surface area contributed by atoms with Crippen LogP contribution in [-0.2, 0) is 6.42 Å². The van der Waals surface area contributed by atoms with Gasteiger partial charge in [0.05, 0.1) is 10.0 Å². The van der Waals surface area contributed by atoms with E-state index in [1.54, 1.807) is 18.2 Å². The van der Waals surface area contributed by atoms with Gasteiger partial charge in [0.1, 0.15) is 5.75 Å². The van der Waals surface area contributed by atoms with E-state index in [0.717, 1.165) is 12.1 Å². The van der Waals surface area contributed by atoms with Crippen molar-refractivity contribution in [3.05, 3.63) is 63.9 Å². The van der Waals surface area contributed by atoms with E-state index < -0.39 is 0 Å². The van der Waals surface area contributed by atoms with Gasteiger partial charge in [0.15, 0.2) is 0 Å². The summed E-state index contributed by atoms with van der Waals surface area (Å²) in [6.07, 6.45) is 2.56. The molecule has 4 nitrogen and oxygen atoms in total. The van der Waals surface area contributed by atoms with Crippen LogP contribution in [0, 0.1) is 0 Å². The Balaban J connectivity index is 1.79. The van der Waals surface area contributed by atoms with Gasteiger partial charge in [-0.15, -0.1) is 0 Å². The van der Waals surface area contributed by atoms with Crippen molar-refractivity contribution in [2.24, 2.45) is 0 Å². The van der Waals surface area contributed by atoms with Crippen LogP contribution in [0.4, 0.5) is 0 Å². The summed E-state index contributed by atoms with van der Waals surface area (Å²) in [6, 6.07) is 10.3. The van der Waals surface area contributed by atoms with E-state index in [-0.39, 0.29) is 16.7 Å². The van der Waals surface area contributed by atoms with Crippen LogP contribution >= 0.6 is 23.2 Å². The van der Waals surface area contributed by atoms with E-state index >= 15 is 0 Å². The van der Waals surface area contributed by atoms with E-state index in [1.807, 2.05) is 18.3 Å². The van der Waals surface area contributed by atoms with Crippen molar-refractivity contribution in [1.29, 1.82) is 0 Å². The normalized spacial score (nSPS) is 10.9. The molecular weight excluding hydrogens is 335 g/mol. The van der Waals surface area contributed by atoms with E-state index in [0.29, 0.717) is 27.9 Å². The third-order valence-electron chi connectivity index (χ3n) is 3.62. The fraction of sp³-hybridized carbons (Fsp3) is 0.118. The number of amides is 1. The van der Waals surface area contributed by atoms with Crippen LogP contribution < -0.4 is 5.32 Å². The van der Waals surface area contributed by atoms with E-state index in [2.05, 4.69) is 10.3 Å². The summed E-state index contributed by atoms with van der Waals surface area (Å²) in [5.74, 6) is -0.291. The largest absolute Gasteiger partial charge is 0.506 e. The van der Waals surface area contributed by atoms with Gasteiger partial charge < -0.3 is 15.4 Å². The van der Waals surface area contributed by atoms with Crippen LogP contribution in [0.5, 0.6) is 5.75 Å². The maximum Gasteiger partial charge on any atom is 0.251 e. The van der Waals surface area contributed by atoms with Crippen molar-refractivity contribution >= 4 is 39.9 Å². The van der Waals surface area contributed by atoms with Gasteiger partial charge in [0, 0.05) is 41.2 Å². The van der Waals surface area contributed by atoms with Crippen LogP contribution in [0.2, 0.25) is 10.0 Å². The predicted octanol–water partition coefficient (Wildman–Crippen LogP) is 4.15. The molecule has 2 aromatic carbocycles. The van der Waals surface area contributed by atoms with Gasteiger partial charge in [-0.1, -0.05) is 29.3 Å². The first-order chi connectivity index (χ1) is 11.1. The average molecular weight is 349 g/mol. The van der Waals surface area contributed by atoms with Gasteiger partial charge in [-0.3, -0.25) is 4.79 Å². The molecule has 0 aliphatic carbocycles. The van der Waals surface area contributed by atoms with E-state index in [4.69, 9.17) is 23.2 Å². The Morgan fingerprint density at radius 3 is 2.70 bits per heavy atom. The number of carbonyl (C=O) groups excluding carboxylic acids is 1. The SMILES string of the molecule is O=C(NCCc1ccc[nH]1)c1ccc2c(Cl)cc(Cl)c(O)c2c1. The fourth-order valence-corrected chi connectivity index (χ4v) is 2.95. The zero-order chi connectivity index (χ0) is 16.4. The number of fused-ring (bicyclic) bond motifs is 1. The monoisotopic (exact) mass is 348 g/mol. The summed E-state index contributed by atoms with van der Waals surface area (Å²) >= 11 is 12.0. The van der Waals surface area contributed by atoms with Crippen LogP contribution in [0.25, 0.3) is 10.8 Å². The molecule has 3 rings (SSSR count). The Kier molecular flexibility index (Phi) is 4.46. The van der Waals surface area contributed by atoms with Crippen molar-refractivity contribution in [3.63, 3.8) is 0 Å². The van der Waals surface area contributed by atoms with Gasteiger partial charge in [-0.25, -0.2) is 0 Å². The lowest BCUT2D eigenvalue weighted by Gasteiger charge is -2.09. The molecule has 6 heteroatoms. The second-order valence-electron chi connectivity index (χ2n) is 5.15. The summed E-state index contributed by atoms with van der Waals surface area (Å²) in [5.41, 5.74) is 1.50. The minimum absolute atomic E-state index is 0.0768. The minimum atomic E-state index is -0.214. The molecule has 1 heterocycles. The minimum Gasteiger partial charge on any atom is -0.506 e. The number of nitrogens with one attached hydrogen (secondary N) is 2. The molecule has 0 fully saturated rings. The highest BCUT2D eigenvalue weighted by Gasteiger charge is 2.12. The number of rotatable bonds is 4. The number of H-pyrrole nitrogens is 1. The number of hydrogen-bond donors (Lipinski definition) is 3. The molecule has 0 saturated heterocycles. The van der Waals surface area contributed by atoms with Gasteiger partial charge in [0.25, 0.3) is 5.91 Å². The molecule has 118 valence electrons. The molecule has 0 aliphatic heterocycles. The van der Waals surface area contributed by atoms with Crippen LogP contribution in [0.3, 0.4) is 0 Å². The first kappa shape index (κ1) is 15.7. The Labute approximate surface area is 143 Å². The topological polar surface area (TPSA) is 65.1 Å². The number of hydrogen-bond acceptors (Lipinski definition) is 2. The van der Waals surface area contributed by atoms with Gasteiger partial charge in [0.2, 0.25) is 0 Å². The van der Waals surface area contributed by atoms with Crippen molar-refractivity contribution in [2.45, 2.75) is 6.42 Å². The lowest BCUT2D eigenvalue weighted by atomic mass is 10.1. The number of carbonyl (C=O) groups is 1. The summed E-state index contributed by atoms with van der Waals surface area (Å²) in [6.45, 7) is 0.514. The van der Waals surface area contributed by atoms with Crippen molar-refractivity contribution < 1.29 is 9.90 Å². The summed E-state index contributed by atoms with van der Waals surface area (Å²) in [5, 5.41) is 14.6. The second-order valence-corrected chi connectivity index (χ2v) is 5.96. The number of halogens is 2. The highest BCUT2D eigenvalue weighted by atomic mass is 35.5. The quantitative estimate of drug-likeness (QED) is 0.662. The van der Waals surface area contributed by atoms with Crippen LogP contribution in [-0.4, -0.2) is 22.5 Å². The number of phenols is 1. The average Bonchev–Trinajstić information content (AvgIpc) is 3.05.